The fraction of sp³-hybridized carbons (Fsp3) is 0.412. The number of hydrogen-bond acceptors (Lipinski definition) is 4. The third-order valence-corrected chi connectivity index (χ3v) is 5.29. The molecule has 2 heterocycles. The van der Waals surface area contributed by atoms with Crippen molar-refractivity contribution in [3.63, 3.8) is 0 Å². The fourth-order valence-electron chi connectivity index (χ4n) is 2.68. The number of pyridine rings is 2. The largest absolute Gasteiger partial charge is 0.357 e. The van der Waals surface area contributed by atoms with Crippen LogP contribution in [0.4, 0.5) is 0 Å². The molecule has 0 saturated carbocycles. The lowest BCUT2D eigenvalue weighted by Crippen LogP contribution is -2.17. The molecule has 0 bridgehead atoms. The molecule has 130 valence electrons. The summed E-state index contributed by atoms with van der Waals surface area (Å²) in [4.78, 5) is 20.0. The van der Waals surface area contributed by atoms with Gasteiger partial charge in [-0.15, -0.1) is 0 Å². The summed E-state index contributed by atoms with van der Waals surface area (Å²) in [5.74, 6) is 0. The van der Waals surface area contributed by atoms with Gasteiger partial charge in [0, 0.05) is 34.7 Å². The molecular formula is C17H22ClN3O2S. The van der Waals surface area contributed by atoms with E-state index in [9.17, 15) is 9.00 Å². The predicted molar refractivity (Wildman–Crippen MR) is 98.5 cm³/mol. The highest BCUT2D eigenvalue weighted by Crippen LogP contribution is 2.32. The number of hydrogen-bond donors (Lipinski definition) is 2. The normalized spacial score (nSPS) is 14.5. The van der Waals surface area contributed by atoms with Crippen molar-refractivity contribution in [2.24, 2.45) is 0 Å². The lowest BCUT2D eigenvalue weighted by atomic mass is 9.90. The molecule has 0 aromatic carbocycles. The van der Waals surface area contributed by atoms with Crippen molar-refractivity contribution >= 4 is 21.3 Å². The lowest BCUT2D eigenvalue weighted by molar-refractivity contribution is 0.567. The molecule has 0 aliphatic rings. The minimum atomic E-state index is -3.09. The van der Waals surface area contributed by atoms with Crippen LogP contribution in [0.15, 0.2) is 21.8 Å². The molecule has 2 aromatic rings. The number of nitrogens with zero attached hydrogens (tertiary/aromatic N) is 1. The molecule has 0 aliphatic carbocycles. The maximum Gasteiger partial charge on any atom is 0.199 e. The monoisotopic (exact) mass is 367 g/mol. The first-order chi connectivity index (χ1) is 10.8. The van der Waals surface area contributed by atoms with Crippen molar-refractivity contribution < 1.29 is 4.21 Å². The van der Waals surface area contributed by atoms with Crippen molar-refractivity contribution in [2.75, 3.05) is 6.26 Å². The van der Waals surface area contributed by atoms with Gasteiger partial charge in [0.2, 0.25) is 0 Å². The molecule has 1 atom stereocenters. The first-order valence-corrected chi connectivity index (χ1v) is 9.82. The Bertz CT molecular complexity index is 971. The van der Waals surface area contributed by atoms with E-state index < -0.39 is 15.2 Å². The first kappa shape index (κ1) is 18.7. The zero-order valence-electron chi connectivity index (χ0n) is 14.7. The Balaban J connectivity index is 2.71. The molecule has 0 saturated heterocycles. The van der Waals surface area contributed by atoms with E-state index in [0.717, 1.165) is 11.4 Å². The highest BCUT2D eigenvalue weighted by Gasteiger charge is 2.22. The van der Waals surface area contributed by atoms with Gasteiger partial charge in [-0.3, -0.25) is 9.78 Å². The van der Waals surface area contributed by atoms with Crippen LogP contribution >= 0.6 is 11.6 Å². The van der Waals surface area contributed by atoms with E-state index in [1.807, 2.05) is 27.7 Å². The molecule has 2 rings (SSSR count). The molecule has 0 spiro atoms. The van der Waals surface area contributed by atoms with E-state index >= 15 is 0 Å². The summed E-state index contributed by atoms with van der Waals surface area (Å²) >= 11 is 6.39. The molecule has 0 amide bonds. The first-order valence-electron chi connectivity index (χ1n) is 7.48. The van der Waals surface area contributed by atoms with Crippen LogP contribution in [0.5, 0.6) is 0 Å². The number of nitrogens with one attached hydrogen (secondary N) is 2. The molecule has 0 fully saturated rings. The van der Waals surface area contributed by atoms with Crippen molar-refractivity contribution in [3.05, 3.63) is 44.5 Å². The second-order valence-electron chi connectivity index (χ2n) is 7.05. The molecule has 7 heteroatoms. The van der Waals surface area contributed by atoms with Gasteiger partial charge in [0.05, 0.1) is 26.1 Å². The summed E-state index contributed by atoms with van der Waals surface area (Å²) in [6.07, 6.45) is 1.24. The SMILES string of the molecule is Cc1nc(C(C)(C)C)c(Cl)cc1-c1cc(=O)c([S@](C)(=N)=O)c(C)[nH]1. The number of halogens is 1. The average molecular weight is 368 g/mol. The summed E-state index contributed by atoms with van der Waals surface area (Å²) in [6, 6.07) is 3.15. The summed E-state index contributed by atoms with van der Waals surface area (Å²) in [5, 5.41) is 0.533. The Morgan fingerprint density at radius 1 is 1.25 bits per heavy atom. The minimum absolute atomic E-state index is 0.00858. The van der Waals surface area contributed by atoms with Crippen LogP contribution in [0.1, 0.15) is 37.9 Å². The zero-order valence-corrected chi connectivity index (χ0v) is 16.3. The van der Waals surface area contributed by atoms with Gasteiger partial charge in [0.25, 0.3) is 0 Å². The maximum absolute atomic E-state index is 12.3. The topological polar surface area (TPSA) is 86.7 Å². The Labute approximate surface area is 147 Å². The maximum atomic E-state index is 12.3. The molecule has 0 aliphatic heterocycles. The Kier molecular flexibility index (Phi) is 4.67. The number of rotatable bonds is 2. The molecule has 2 N–H and O–H groups in total. The zero-order chi connectivity index (χ0) is 18.4. The quantitative estimate of drug-likeness (QED) is 0.839. The van der Waals surface area contributed by atoms with Crippen LogP contribution in [0.25, 0.3) is 11.3 Å². The van der Waals surface area contributed by atoms with Gasteiger partial charge in [-0.2, -0.15) is 0 Å². The van der Waals surface area contributed by atoms with E-state index in [4.69, 9.17) is 16.4 Å². The smallest absolute Gasteiger partial charge is 0.199 e. The number of aromatic nitrogens is 2. The standard InChI is InChI=1S/C17H22ClN3O2S/c1-9-11(7-12(18)16(21-9)17(3,4)5)13-8-14(22)15(10(2)20-13)24(6,19)23/h7-8,19H,1-6H3,(H,20,22)/t24-/m1/s1. The molecular weight excluding hydrogens is 346 g/mol. The van der Waals surface area contributed by atoms with Gasteiger partial charge in [0.1, 0.15) is 4.90 Å². The fourth-order valence-corrected chi connectivity index (χ4v) is 4.20. The van der Waals surface area contributed by atoms with Crippen LogP contribution in [-0.2, 0) is 15.1 Å². The molecule has 0 radical (unpaired) electrons. The molecule has 2 aromatic heterocycles. The van der Waals surface area contributed by atoms with Crippen molar-refractivity contribution in [3.8, 4) is 11.3 Å². The highest BCUT2D eigenvalue weighted by atomic mass is 35.5. The van der Waals surface area contributed by atoms with Crippen LogP contribution in [0.3, 0.4) is 0 Å². The lowest BCUT2D eigenvalue weighted by Gasteiger charge is -2.21. The van der Waals surface area contributed by atoms with Gasteiger partial charge < -0.3 is 4.98 Å². The van der Waals surface area contributed by atoms with E-state index in [1.165, 1.54) is 12.3 Å². The number of aromatic amines is 1. The molecule has 24 heavy (non-hydrogen) atoms. The van der Waals surface area contributed by atoms with Gasteiger partial charge in [-0.25, -0.2) is 8.99 Å². The van der Waals surface area contributed by atoms with Crippen molar-refractivity contribution in [2.45, 2.75) is 44.9 Å². The summed E-state index contributed by atoms with van der Waals surface area (Å²) < 4.78 is 19.6. The second-order valence-corrected chi connectivity index (χ2v) is 9.55. The summed E-state index contributed by atoms with van der Waals surface area (Å²) in [6.45, 7) is 9.61. The van der Waals surface area contributed by atoms with Crippen LogP contribution in [-0.4, -0.2) is 20.4 Å². The van der Waals surface area contributed by atoms with Gasteiger partial charge >= 0.3 is 0 Å². The van der Waals surface area contributed by atoms with Crippen molar-refractivity contribution in [1.29, 1.82) is 4.78 Å². The highest BCUT2D eigenvalue weighted by molar-refractivity contribution is 7.91. The van der Waals surface area contributed by atoms with E-state index in [-0.39, 0.29) is 10.3 Å². The minimum Gasteiger partial charge on any atom is -0.357 e. The Hall–Kier alpha value is -1.66. The summed E-state index contributed by atoms with van der Waals surface area (Å²) in [5.41, 5.74) is 2.63. The number of H-pyrrole nitrogens is 1. The average Bonchev–Trinajstić information content (AvgIpc) is 2.37. The van der Waals surface area contributed by atoms with E-state index in [1.54, 1.807) is 13.0 Å². The summed E-state index contributed by atoms with van der Waals surface area (Å²) in [7, 11) is -3.09. The van der Waals surface area contributed by atoms with Crippen molar-refractivity contribution in [1.82, 2.24) is 9.97 Å². The van der Waals surface area contributed by atoms with Gasteiger partial charge in [-0.05, 0) is 19.9 Å². The van der Waals surface area contributed by atoms with E-state index in [2.05, 4.69) is 9.97 Å². The third kappa shape index (κ3) is 3.54. The number of aryl methyl sites for hydroxylation is 2. The Morgan fingerprint density at radius 3 is 2.29 bits per heavy atom. The predicted octanol–water partition coefficient (Wildman–Crippen LogP) is 4.04. The van der Waals surface area contributed by atoms with Gasteiger partial charge in [-0.1, -0.05) is 32.4 Å². The molecule has 0 unspecified atom stereocenters. The van der Waals surface area contributed by atoms with Crippen LogP contribution in [0.2, 0.25) is 5.02 Å². The Morgan fingerprint density at radius 2 is 1.83 bits per heavy atom. The second kappa shape index (κ2) is 6.01. The third-order valence-electron chi connectivity index (χ3n) is 3.72. The van der Waals surface area contributed by atoms with E-state index in [0.29, 0.717) is 22.0 Å². The van der Waals surface area contributed by atoms with Crippen LogP contribution < -0.4 is 5.43 Å². The van der Waals surface area contributed by atoms with Crippen LogP contribution in [0, 0.1) is 18.6 Å². The molecule has 5 nitrogen and oxygen atoms in total. The van der Waals surface area contributed by atoms with Gasteiger partial charge in [0.15, 0.2) is 5.43 Å².